The second-order valence-corrected chi connectivity index (χ2v) is 10.6. The van der Waals surface area contributed by atoms with Crippen molar-refractivity contribution >= 4 is 27.5 Å². The standard InChI is InChI=1S/C27H39N3O5S/c1-5-7-19-28-27(32)22(3)29(21-23-14-9-8-10-15-23)26(31)18-13-20-30(36(4,33)34)24-16-11-12-17-25(24)35-6-2/h8-12,14-17,22H,5-7,13,18-21H2,1-4H3,(H,28,32)/t22-/m0/s1. The lowest BCUT2D eigenvalue weighted by molar-refractivity contribution is -0.140. The Kier molecular flexibility index (Phi) is 11.7. The number of para-hydroxylation sites is 2. The molecule has 1 N–H and O–H groups in total. The van der Waals surface area contributed by atoms with Crippen LogP contribution in [0.1, 0.15) is 52.0 Å². The average molecular weight is 518 g/mol. The van der Waals surface area contributed by atoms with Crippen molar-refractivity contribution < 1.29 is 22.7 Å². The number of hydrogen-bond acceptors (Lipinski definition) is 5. The van der Waals surface area contributed by atoms with Crippen molar-refractivity contribution in [1.29, 1.82) is 0 Å². The molecule has 0 bridgehead atoms. The summed E-state index contributed by atoms with van der Waals surface area (Å²) in [5.41, 5.74) is 1.36. The van der Waals surface area contributed by atoms with Crippen molar-refractivity contribution in [1.82, 2.24) is 10.2 Å². The van der Waals surface area contributed by atoms with Crippen molar-refractivity contribution in [2.75, 3.05) is 30.3 Å². The van der Waals surface area contributed by atoms with Crippen LogP contribution in [0, 0.1) is 0 Å². The fourth-order valence-electron chi connectivity index (χ4n) is 3.82. The predicted octanol–water partition coefficient (Wildman–Crippen LogP) is 3.97. The van der Waals surface area contributed by atoms with E-state index in [1.165, 1.54) is 4.31 Å². The fourth-order valence-corrected chi connectivity index (χ4v) is 4.79. The van der Waals surface area contributed by atoms with Gasteiger partial charge in [0.2, 0.25) is 21.8 Å². The number of unbranched alkanes of at least 4 members (excludes halogenated alkanes) is 1. The van der Waals surface area contributed by atoms with Crippen LogP contribution in [0.5, 0.6) is 5.75 Å². The maximum atomic E-state index is 13.3. The number of carbonyl (C=O) groups excluding carboxylic acids is 2. The first-order valence-corrected chi connectivity index (χ1v) is 14.3. The minimum atomic E-state index is -3.60. The Hall–Kier alpha value is -3.07. The van der Waals surface area contributed by atoms with Crippen LogP contribution in [-0.2, 0) is 26.2 Å². The SMILES string of the molecule is CCCCNC(=O)[C@H](C)N(Cc1ccccc1)C(=O)CCCN(c1ccccc1OCC)S(C)(=O)=O. The molecule has 0 aliphatic heterocycles. The molecule has 0 radical (unpaired) electrons. The first kappa shape index (κ1) is 29.2. The van der Waals surface area contributed by atoms with Crippen LogP contribution in [-0.4, -0.2) is 57.1 Å². The van der Waals surface area contributed by atoms with E-state index in [2.05, 4.69) is 5.32 Å². The highest BCUT2D eigenvalue weighted by atomic mass is 32.2. The molecular weight excluding hydrogens is 478 g/mol. The van der Waals surface area contributed by atoms with Gasteiger partial charge < -0.3 is 15.0 Å². The number of nitrogens with zero attached hydrogens (tertiary/aromatic N) is 2. The summed E-state index contributed by atoms with van der Waals surface area (Å²) in [6, 6.07) is 15.8. The maximum absolute atomic E-state index is 13.3. The molecular formula is C27H39N3O5S. The van der Waals surface area contributed by atoms with Crippen LogP contribution >= 0.6 is 0 Å². The molecule has 1 atom stereocenters. The lowest BCUT2D eigenvalue weighted by Crippen LogP contribution is -2.47. The molecule has 2 aromatic rings. The zero-order valence-corrected chi connectivity index (χ0v) is 22.6. The molecule has 0 aromatic heterocycles. The molecule has 0 fully saturated rings. The molecule has 198 valence electrons. The van der Waals surface area contributed by atoms with E-state index in [1.807, 2.05) is 44.2 Å². The molecule has 2 aromatic carbocycles. The second kappa shape index (κ2) is 14.5. The van der Waals surface area contributed by atoms with Gasteiger partial charge in [0.1, 0.15) is 11.8 Å². The third-order valence-electron chi connectivity index (χ3n) is 5.78. The number of nitrogens with one attached hydrogen (secondary N) is 1. The third kappa shape index (κ3) is 8.86. The largest absolute Gasteiger partial charge is 0.492 e. The van der Waals surface area contributed by atoms with Gasteiger partial charge in [-0.05, 0) is 44.4 Å². The zero-order valence-electron chi connectivity index (χ0n) is 21.8. The summed E-state index contributed by atoms with van der Waals surface area (Å²) in [4.78, 5) is 27.6. The van der Waals surface area contributed by atoms with E-state index in [9.17, 15) is 18.0 Å². The molecule has 2 rings (SSSR count). The summed E-state index contributed by atoms with van der Waals surface area (Å²) in [6.45, 7) is 6.99. The van der Waals surface area contributed by atoms with E-state index in [0.29, 0.717) is 37.6 Å². The van der Waals surface area contributed by atoms with Gasteiger partial charge in [0, 0.05) is 26.1 Å². The average Bonchev–Trinajstić information content (AvgIpc) is 2.85. The highest BCUT2D eigenvalue weighted by Gasteiger charge is 2.27. The van der Waals surface area contributed by atoms with Crippen molar-refractivity contribution in [2.24, 2.45) is 0 Å². The van der Waals surface area contributed by atoms with Gasteiger partial charge in [-0.1, -0.05) is 55.8 Å². The highest BCUT2D eigenvalue weighted by Crippen LogP contribution is 2.30. The Morgan fingerprint density at radius 1 is 1.00 bits per heavy atom. The van der Waals surface area contributed by atoms with Gasteiger partial charge in [-0.25, -0.2) is 8.42 Å². The molecule has 0 saturated carbocycles. The topological polar surface area (TPSA) is 96.0 Å². The van der Waals surface area contributed by atoms with Gasteiger partial charge in [0.25, 0.3) is 0 Å². The van der Waals surface area contributed by atoms with Crippen LogP contribution in [0.4, 0.5) is 5.69 Å². The lowest BCUT2D eigenvalue weighted by atomic mass is 10.1. The van der Waals surface area contributed by atoms with Crippen LogP contribution in [0.2, 0.25) is 0 Å². The molecule has 8 nitrogen and oxygen atoms in total. The maximum Gasteiger partial charge on any atom is 0.242 e. The van der Waals surface area contributed by atoms with Gasteiger partial charge >= 0.3 is 0 Å². The number of benzene rings is 2. The summed E-state index contributed by atoms with van der Waals surface area (Å²) in [7, 11) is -3.60. The second-order valence-electron chi connectivity index (χ2n) is 8.67. The van der Waals surface area contributed by atoms with Crippen molar-refractivity contribution in [2.45, 2.75) is 59.0 Å². The first-order chi connectivity index (χ1) is 17.2. The minimum Gasteiger partial charge on any atom is -0.492 e. The summed E-state index contributed by atoms with van der Waals surface area (Å²) >= 11 is 0. The van der Waals surface area contributed by atoms with Crippen molar-refractivity contribution in [3.05, 3.63) is 60.2 Å². The zero-order chi connectivity index (χ0) is 26.6. The van der Waals surface area contributed by atoms with Crippen molar-refractivity contribution in [3.63, 3.8) is 0 Å². The molecule has 0 unspecified atom stereocenters. The summed E-state index contributed by atoms with van der Waals surface area (Å²) < 4.78 is 32.1. The Balaban J connectivity index is 2.15. The Labute approximate surface area is 215 Å². The predicted molar refractivity (Wildman–Crippen MR) is 143 cm³/mol. The van der Waals surface area contributed by atoms with Gasteiger partial charge in [-0.2, -0.15) is 0 Å². The minimum absolute atomic E-state index is 0.0994. The molecule has 0 aliphatic rings. The molecule has 0 aliphatic carbocycles. The van der Waals surface area contributed by atoms with E-state index in [-0.39, 0.29) is 24.8 Å². The van der Waals surface area contributed by atoms with E-state index in [4.69, 9.17) is 4.74 Å². The molecule has 36 heavy (non-hydrogen) atoms. The highest BCUT2D eigenvalue weighted by molar-refractivity contribution is 7.92. The summed E-state index contributed by atoms with van der Waals surface area (Å²) in [5, 5.41) is 2.90. The van der Waals surface area contributed by atoms with Crippen LogP contribution in [0.25, 0.3) is 0 Å². The Bertz CT molecular complexity index is 1080. The Morgan fingerprint density at radius 2 is 1.67 bits per heavy atom. The molecule has 0 spiro atoms. The fraction of sp³-hybridized carbons (Fsp3) is 0.481. The molecule has 2 amide bonds. The smallest absolute Gasteiger partial charge is 0.242 e. The van der Waals surface area contributed by atoms with Gasteiger partial charge in [-0.15, -0.1) is 0 Å². The van der Waals surface area contributed by atoms with Gasteiger partial charge in [0.05, 0.1) is 18.6 Å². The number of ether oxygens (including phenoxy) is 1. The lowest BCUT2D eigenvalue weighted by Gasteiger charge is -2.29. The monoisotopic (exact) mass is 517 g/mol. The van der Waals surface area contributed by atoms with Crippen LogP contribution < -0.4 is 14.4 Å². The number of rotatable bonds is 15. The van der Waals surface area contributed by atoms with E-state index >= 15 is 0 Å². The summed E-state index contributed by atoms with van der Waals surface area (Å²) in [5.74, 6) is 0.0690. The van der Waals surface area contributed by atoms with E-state index in [1.54, 1.807) is 36.1 Å². The molecule has 9 heteroatoms. The summed E-state index contributed by atoms with van der Waals surface area (Å²) in [6.07, 6.45) is 3.37. The van der Waals surface area contributed by atoms with Crippen LogP contribution in [0.3, 0.4) is 0 Å². The number of amides is 2. The Morgan fingerprint density at radius 3 is 2.31 bits per heavy atom. The quantitative estimate of drug-likeness (QED) is 0.361. The third-order valence-corrected chi connectivity index (χ3v) is 6.96. The first-order valence-electron chi connectivity index (χ1n) is 12.5. The number of sulfonamides is 1. The van der Waals surface area contributed by atoms with Gasteiger partial charge in [0.15, 0.2) is 0 Å². The van der Waals surface area contributed by atoms with E-state index in [0.717, 1.165) is 24.7 Å². The van der Waals surface area contributed by atoms with E-state index < -0.39 is 16.1 Å². The van der Waals surface area contributed by atoms with Gasteiger partial charge in [-0.3, -0.25) is 13.9 Å². The van der Waals surface area contributed by atoms with Crippen molar-refractivity contribution in [3.8, 4) is 5.75 Å². The van der Waals surface area contributed by atoms with Crippen LogP contribution in [0.15, 0.2) is 54.6 Å². The number of carbonyl (C=O) groups is 2. The number of hydrogen-bond donors (Lipinski definition) is 1. The molecule has 0 saturated heterocycles. The number of anilines is 1. The normalized spacial score (nSPS) is 12.0. The molecule has 0 heterocycles.